The van der Waals surface area contributed by atoms with Crippen LogP contribution in [0.4, 0.5) is 15.3 Å². The standard InChI is InChI=1S/C14H21N3O5/c1-14(2,3)16-17(12(18)19)8-9-7-10(5-6-11(9)15)22-13(20)21-4/h5-7,16H,8,15H2,1-4H3,(H,18,19). The van der Waals surface area contributed by atoms with E-state index in [1.807, 2.05) is 20.8 Å². The lowest BCUT2D eigenvalue weighted by Gasteiger charge is -2.29. The van der Waals surface area contributed by atoms with Gasteiger partial charge in [-0.25, -0.2) is 20.0 Å². The van der Waals surface area contributed by atoms with Crippen molar-refractivity contribution >= 4 is 17.9 Å². The Morgan fingerprint density at radius 2 is 2.00 bits per heavy atom. The van der Waals surface area contributed by atoms with Crippen molar-refractivity contribution < 1.29 is 24.2 Å². The number of benzene rings is 1. The molecule has 0 saturated heterocycles. The summed E-state index contributed by atoms with van der Waals surface area (Å²) in [6, 6.07) is 4.52. The van der Waals surface area contributed by atoms with Crippen LogP contribution < -0.4 is 15.9 Å². The number of nitrogens with zero attached hydrogens (tertiary/aromatic N) is 1. The number of rotatable bonds is 4. The molecule has 22 heavy (non-hydrogen) atoms. The zero-order chi connectivity index (χ0) is 16.9. The van der Waals surface area contributed by atoms with E-state index in [1.165, 1.54) is 25.3 Å². The molecule has 1 aromatic carbocycles. The Hall–Kier alpha value is -2.48. The number of carboxylic acid groups (broad SMARTS) is 1. The molecule has 0 aliphatic carbocycles. The molecule has 1 rings (SSSR count). The number of nitrogens with one attached hydrogen (secondary N) is 1. The Labute approximate surface area is 128 Å². The molecular formula is C14H21N3O5. The summed E-state index contributed by atoms with van der Waals surface area (Å²) in [5.74, 6) is 0.220. The van der Waals surface area contributed by atoms with Crippen LogP contribution in [0.1, 0.15) is 26.3 Å². The summed E-state index contributed by atoms with van der Waals surface area (Å²) >= 11 is 0. The quantitative estimate of drug-likeness (QED) is 0.338. The number of amides is 1. The van der Waals surface area contributed by atoms with Gasteiger partial charge < -0.3 is 20.3 Å². The Kier molecular flexibility index (Phi) is 5.58. The monoisotopic (exact) mass is 311 g/mol. The number of anilines is 1. The SMILES string of the molecule is COC(=O)Oc1ccc(N)c(CN(NC(C)(C)C)C(=O)O)c1. The summed E-state index contributed by atoms with van der Waals surface area (Å²) in [4.78, 5) is 22.4. The molecule has 122 valence electrons. The highest BCUT2D eigenvalue weighted by atomic mass is 16.7. The molecule has 0 unspecified atom stereocenters. The summed E-state index contributed by atoms with van der Waals surface area (Å²) in [6.07, 6.45) is -2.01. The third-order valence-corrected chi connectivity index (χ3v) is 2.51. The van der Waals surface area contributed by atoms with E-state index in [0.29, 0.717) is 11.3 Å². The molecule has 0 aliphatic rings. The van der Waals surface area contributed by atoms with E-state index in [-0.39, 0.29) is 12.3 Å². The van der Waals surface area contributed by atoms with Crippen molar-refractivity contribution in [3.8, 4) is 5.75 Å². The van der Waals surface area contributed by atoms with Gasteiger partial charge in [0.1, 0.15) is 5.75 Å². The molecule has 0 radical (unpaired) electrons. The second kappa shape index (κ2) is 6.99. The third-order valence-electron chi connectivity index (χ3n) is 2.51. The van der Waals surface area contributed by atoms with Crippen LogP contribution in [0, 0.1) is 0 Å². The molecule has 4 N–H and O–H groups in total. The zero-order valence-electron chi connectivity index (χ0n) is 13.0. The van der Waals surface area contributed by atoms with E-state index in [0.717, 1.165) is 5.01 Å². The number of methoxy groups -OCH3 is 1. The number of carbonyl (C=O) groups excluding carboxylic acids is 1. The number of nitrogen functional groups attached to an aromatic ring is 1. The predicted molar refractivity (Wildman–Crippen MR) is 80.3 cm³/mol. The van der Waals surface area contributed by atoms with Crippen molar-refractivity contribution in [2.45, 2.75) is 32.9 Å². The number of nitrogens with two attached hydrogens (primary N) is 1. The van der Waals surface area contributed by atoms with Crippen molar-refractivity contribution in [2.24, 2.45) is 0 Å². The fraction of sp³-hybridized carbons (Fsp3) is 0.429. The fourth-order valence-corrected chi connectivity index (χ4v) is 1.65. The van der Waals surface area contributed by atoms with E-state index < -0.39 is 17.8 Å². The Morgan fingerprint density at radius 1 is 1.36 bits per heavy atom. The molecule has 0 fully saturated rings. The number of hydrazine groups is 1. The van der Waals surface area contributed by atoms with Crippen LogP contribution in [0.5, 0.6) is 5.75 Å². The number of ether oxygens (including phenoxy) is 2. The van der Waals surface area contributed by atoms with Gasteiger partial charge in [-0.2, -0.15) is 0 Å². The normalized spacial score (nSPS) is 10.9. The molecule has 0 heterocycles. The average molecular weight is 311 g/mol. The van der Waals surface area contributed by atoms with Gasteiger partial charge in [0.05, 0.1) is 13.7 Å². The second-order valence-electron chi connectivity index (χ2n) is 5.65. The second-order valence-corrected chi connectivity index (χ2v) is 5.65. The molecular weight excluding hydrogens is 290 g/mol. The number of hydrogen-bond donors (Lipinski definition) is 3. The summed E-state index contributed by atoms with van der Waals surface area (Å²) in [5, 5.41) is 10.3. The maximum Gasteiger partial charge on any atom is 0.513 e. The van der Waals surface area contributed by atoms with Crippen LogP contribution >= 0.6 is 0 Å². The summed E-state index contributed by atoms with van der Waals surface area (Å²) in [6.45, 7) is 5.51. The molecule has 0 spiro atoms. The molecule has 0 saturated carbocycles. The highest BCUT2D eigenvalue weighted by Gasteiger charge is 2.20. The Balaban J connectivity index is 2.96. The van der Waals surface area contributed by atoms with Gasteiger partial charge in [-0.05, 0) is 44.5 Å². The highest BCUT2D eigenvalue weighted by molar-refractivity contribution is 5.66. The zero-order valence-corrected chi connectivity index (χ0v) is 13.0. The minimum atomic E-state index is -1.14. The van der Waals surface area contributed by atoms with Crippen LogP contribution in [-0.4, -0.2) is 35.0 Å². The molecule has 1 amide bonds. The van der Waals surface area contributed by atoms with Gasteiger partial charge in [-0.3, -0.25) is 0 Å². The van der Waals surface area contributed by atoms with Gasteiger partial charge in [-0.1, -0.05) is 0 Å². The maximum atomic E-state index is 11.3. The van der Waals surface area contributed by atoms with Crippen molar-refractivity contribution in [1.82, 2.24) is 10.4 Å². The van der Waals surface area contributed by atoms with Crippen molar-refractivity contribution in [1.29, 1.82) is 0 Å². The van der Waals surface area contributed by atoms with Crippen LogP contribution in [0.2, 0.25) is 0 Å². The lowest BCUT2D eigenvalue weighted by atomic mass is 10.1. The highest BCUT2D eigenvalue weighted by Crippen LogP contribution is 2.22. The smallest absolute Gasteiger partial charge is 0.464 e. The first-order valence-electron chi connectivity index (χ1n) is 6.55. The summed E-state index contributed by atoms with van der Waals surface area (Å²) < 4.78 is 9.30. The molecule has 0 atom stereocenters. The van der Waals surface area contributed by atoms with E-state index >= 15 is 0 Å². The van der Waals surface area contributed by atoms with Gasteiger partial charge in [0, 0.05) is 11.2 Å². The van der Waals surface area contributed by atoms with Crippen molar-refractivity contribution in [3.05, 3.63) is 23.8 Å². The van der Waals surface area contributed by atoms with Crippen molar-refractivity contribution in [3.63, 3.8) is 0 Å². The maximum absolute atomic E-state index is 11.3. The minimum Gasteiger partial charge on any atom is -0.464 e. The van der Waals surface area contributed by atoms with Crippen LogP contribution in [-0.2, 0) is 11.3 Å². The largest absolute Gasteiger partial charge is 0.513 e. The molecule has 8 heteroatoms. The lowest BCUT2D eigenvalue weighted by Crippen LogP contribution is -2.51. The van der Waals surface area contributed by atoms with Gasteiger partial charge in [0.15, 0.2) is 0 Å². The van der Waals surface area contributed by atoms with Crippen LogP contribution in [0.3, 0.4) is 0 Å². The number of hydrogen-bond acceptors (Lipinski definition) is 6. The van der Waals surface area contributed by atoms with Crippen molar-refractivity contribution in [2.75, 3.05) is 12.8 Å². The average Bonchev–Trinajstić information content (AvgIpc) is 2.39. The fourth-order valence-electron chi connectivity index (χ4n) is 1.65. The minimum absolute atomic E-state index is 0.00317. The van der Waals surface area contributed by atoms with Gasteiger partial charge in [-0.15, -0.1) is 0 Å². The lowest BCUT2D eigenvalue weighted by molar-refractivity contribution is 0.0911. The van der Waals surface area contributed by atoms with Gasteiger partial charge in [0.25, 0.3) is 0 Å². The first-order valence-corrected chi connectivity index (χ1v) is 6.55. The first-order chi connectivity index (χ1) is 10.1. The molecule has 0 aromatic heterocycles. The van der Waals surface area contributed by atoms with Crippen LogP contribution in [0.15, 0.2) is 18.2 Å². The van der Waals surface area contributed by atoms with E-state index in [1.54, 1.807) is 0 Å². The Bertz CT molecular complexity index is 554. The topological polar surface area (TPSA) is 114 Å². The molecule has 8 nitrogen and oxygen atoms in total. The molecule has 1 aromatic rings. The van der Waals surface area contributed by atoms with Gasteiger partial charge in [0.2, 0.25) is 0 Å². The van der Waals surface area contributed by atoms with E-state index in [4.69, 9.17) is 10.5 Å². The molecule has 0 aliphatic heterocycles. The van der Waals surface area contributed by atoms with E-state index in [9.17, 15) is 14.7 Å². The first kappa shape index (κ1) is 17.6. The van der Waals surface area contributed by atoms with Crippen LogP contribution in [0.25, 0.3) is 0 Å². The van der Waals surface area contributed by atoms with Gasteiger partial charge >= 0.3 is 12.2 Å². The van der Waals surface area contributed by atoms with E-state index in [2.05, 4.69) is 10.2 Å². The number of carbonyl (C=O) groups is 2. The predicted octanol–water partition coefficient (Wildman–Crippen LogP) is 2.20. The molecule has 0 bridgehead atoms. The third kappa shape index (κ3) is 5.49. The summed E-state index contributed by atoms with van der Waals surface area (Å²) in [7, 11) is 1.19. The Morgan fingerprint density at radius 3 is 2.50 bits per heavy atom. The summed E-state index contributed by atoms with van der Waals surface area (Å²) in [5.41, 5.74) is 9.15.